The monoisotopic (exact) mass is 678 g/mol. The number of nitrogens with zero attached hydrogens (tertiary/aromatic N) is 3. The molecule has 0 radical (unpaired) electrons. The van der Waals surface area contributed by atoms with Gasteiger partial charge in [-0.15, -0.1) is 0 Å². The zero-order chi connectivity index (χ0) is 33.1. The van der Waals surface area contributed by atoms with Crippen LogP contribution in [0.4, 0.5) is 10.5 Å². The first-order chi connectivity index (χ1) is 22.7. The van der Waals surface area contributed by atoms with E-state index in [0.717, 1.165) is 21.6 Å². The van der Waals surface area contributed by atoms with E-state index in [1.807, 2.05) is 61.5 Å². The van der Waals surface area contributed by atoms with Gasteiger partial charge in [0.25, 0.3) is 5.91 Å². The van der Waals surface area contributed by atoms with Gasteiger partial charge < -0.3 is 29.2 Å². The van der Waals surface area contributed by atoms with Crippen LogP contribution >= 0.6 is 23.2 Å². The van der Waals surface area contributed by atoms with Crippen LogP contribution < -0.4 is 10.2 Å². The Morgan fingerprint density at radius 1 is 0.979 bits per heavy atom. The summed E-state index contributed by atoms with van der Waals surface area (Å²) in [6, 6.07) is 22.4. The van der Waals surface area contributed by atoms with Crippen molar-refractivity contribution in [1.82, 2.24) is 14.9 Å². The molecular weight excluding hydrogens is 647 g/mol. The molecular formula is C34H32Cl2N4O7. The van der Waals surface area contributed by atoms with E-state index in [2.05, 4.69) is 10.3 Å². The lowest BCUT2D eigenvalue weighted by Crippen LogP contribution is -2.42. The summed E-state index contributed by atoms with van der Waals surface area (Å²) in [5.41, 5.74) is 3.50. The average Bonchev–Trinajstić information content (AvgIpc) is 3.56. The number of aromatic nitrogens is 2. The number of ether oxygens (including phenoxy) is 3. The average molecular weight is 680 g/mol. The molecule has 244 valence electrons. The van der Waals surface area contributed by atoms with Gasteiger partial charge in [-0.25, -0.2) is 14.7 Å². The molecule has 6 rings (SSSR count). The predicted octanol–water partition coefficient (Wildman–Crippen LogP) is 5.73. The second-order valence-corrected chi connectivity index (χ2v) is 12.1. The van der Waals surface area contributed by atoms with Crippen LogP contribution in [0.15, 0.2) is 85.2 Å². The second kappa shape index (κ2) is 14.2. The zero-order valence-electron chi connectivity index (χ0n) is 25.3. The van der Waals surface area contributed by atoms with E-state index in [1.165, 1.54) is 0 Å². The SMILES string of the molecule is CC1C(Cn2cnc(Cl)c2Cl)OC(c2ccc(N3C(=O)CC(NC(=O)OCc4ccccc4)C3=O)cc2)OC1c1ccc(CO)cc1. The van der Waals surface area contributed by atoms with Gasteiger partial charge in [-0.05, 0) is 28.8 Å². The Hall–Kier alpha value is -4.26. The number of aliphatic hydroxyl groups is 1. The van der Waals surface area contributed by atoms with Gasteiger partial charge in [0.1, 0.15) is 17.8 Å². The number of rotatable bonds is 9. The van der Waals surface area contributed by atoms with E-state index < -0.39 is 30.2 Å². The molecule has 4 aromatic rings. The maximum Gasteiger partial charge on any atom is 0.408 e. The fourth-order valence-corrected chi connectivity index (χ4v) is 6.01. The minimum absolute atomic E-state index is 0.0373. The molecule has 13 heteroatoms. The van der Waals surface area contributed by atoms with Crippen LogP contribution in [0.5, 0.6) is 0 Å². The molecule has 11 nitrogen and oxygen atoms in total. The number of halogens is 2. The number of anilines is 1. The maximum atomic E-state index is 13.2. The van der Waals surface area contributed by atoms with Gasteiger partial charge in [0.2, 0.25) is 5.91 Å². The van der Waals surface area contributed by atoms with Crippen LogP contribution in [0.1, 0.15) is 48.0 Å². The molecule has 0 bridgehead atoms. The van der Waals surface area contributed by atoms with Crippen LogP contribution in [0, 0.1) is 5.92 Å². The van der Waals surface area contributed by atoms with E-state index in [9.17, 15) is 19.5 Å². The summed E-state index contributed by atoms with van der Waals surface area (Å²) in [7, 11) is 0. The van der Waals surface area contributed by atoms with Gasteiger partial charge in [-0.2, -0.15) is 0 Å². The summed E-state index contributed by atoms with van der Waals surface area (Å²) >= 11 is 12.5. The number of alkyl carbamates (subject to hydrolysis) is 1. The standard InChI is InChI=1S/C34H32Cl2N4O7/c1-20-27(16-39-19-37-30(35)31(39)36)46-33(47-29(20)23-9-7-21(17-41)8-10-23)24-11-13-25(14-12-24)40-28(42)15-26(32(40)43)38-34(44)45-18-22-5-3-2-4-6-22/h2-14,19-20,26-27,29,33,41H,15-18H2,1H3,(H,38,44). The number of carbonyl (C=O) groups excluding carboxylic acids is 3. The fourth-order valence-electron chi connectivity index (χ4n) is 5.70. The van der Waals surface area contributed by atoms with Crippen molar-refractivity contribution >= 4 is 46.8 Å². The highest BCUT2D eigenvalue weighted by Crippen LogP contribution is 2.43. The molecule has 2 aliphatic rings. The highest BCUT2D eigenvalue weighted by molar-refractivity contribution is 6.40. The molecule has 5 atom stereocenters. The Balaban J connectivity index is 1.16. The molecule has 2 fully saturated rings. The first kappa shape index (κ1) is 32.7. The van der Waals surface area contributed by atoms with Crippen molar-refractivity contribution in [3.63, 3.8) is 0 Å². The fraction of sp³-hybridized carbons (Fsp3) is 0.294. The third kappa shape index (κ3) is 7.19. The minimum atomic E-state index is -1.04. The molecule has 0 saturated carbocycles. The largest absolute Gasteiger partial charge is 0.445 e. The van der Waals surface area contributed by atoms with Gasteiger partial charge in [0.15, 0.2) is 11.4 Å². The molecule has 3 heterocycles. The molecule has 0 aliphatic carbocycles. The minimum Gasteiger partial charge on any atom is -0.445 e. The first-order valence-electron chi connectivity index (χ1n) is 15.0. The number of hydrogen-bond donors (Lipinski definition) is 2. The van der Waals surface area contributed by atoms with E-state index in [4.69, 9.17) is 37.4 Å². The number of amides is 3. The maximum absolute atomic E-state index is 13.2. The van der Waals surface area contributed by atoms with Crippen molar-refractivity contribution in [3.8, 4) is 0 Å². The Morgan fingerprint density at radius 3 is 2.34 bits per heavy atom. The molecule has 0 spiro atoms. The third-order valence-electron chi connectivity index (χ3n) is 8.31. The van der Waals surface area contributed by atoms with Crippen molar-refractivity contribution in [3.05, 3.63) is 118 Å². The Bertz CT molecular complexity index is 1730. The number of nitrogens with one attached hydrogen (secondary N) is 1. The van der Waals surface area contributed by atoms with Crippen LogP contribution in [-0.2, 0) is 43.6 Å². The lowest BCUT2D eigenvalue weighted by Gasteiger charge is -2.41. The number of benzene rings is 3. The highest BCUT2D eigenvalue weighted by atomic mass is 35.5. The molecule has 2 N–H and O–H groups in total. The molecule has 2 saturated heterocycles. The van der Waals surface area contributed by atoms with Crippen LogP contribution in [0.25, 0.3) is 0 Å². The van der Waals surface area contributed by atoms with Crippen LogP contribution in [0.2, 0.25) is 10.3 Å². The lowest BCUT2D eigenvalue weighted by molar-refractivity contribution is -0.276. The lowest BCUT2D eigenvalue weighted by atomic mass is 9.90. The molecule has 1 aromatic heterocycles. The van der Waals surface area contributed by atoms with E-state index in [-0.39, 0.29) is 42.9 Å². The smallest absolute Gasteiger partial charge is 0.408 e. The topological polar surface area (TPSA) is 132 Å². The third-order valence-corrected chi connectivity index (χ3v) is 9.08. The Labute approximate surface area is 281 Å². The van der Waals surface area contributed by atoms with Gasteiger partial charge in [-0.1, -0.05) is 96.9 Å². The molecule has 47 heavy (non-hydrogen) atoms. The van der Waals surface area contributed by atoms with Crippen molar-refractivity contribution in [1.29, 1.82) is 0 Å². The van der Waals surface area contributed by atoms with Crippen molar-refractivity contribution in [2.75, 3.05) is 4.90 Å². The Kier molecular flexibility index (Phi) is 9.90. The number of carbonyl (C=O) groups is 3. The summed E-state index contributed by atoms with van der Waals surface area (Å²) in [5.74, 6) is -1.12. The highest BCUT2D eigenvalue weighted by Gasteiger charge is 2.42. The number of imide groups is 1. The normalized spacial score (nSPS) is 22.8. The van der Waals surface area contributed by atoms with Crippen molar-refractivity contribution in [2.24, 2.45) is 5.92 Å². The number of hydrogen-bond acceptors (Lipinski definition) is 8. The summed E-state index contributed by atoms with van der Waals surface area (Å²) in [4.78, 5) is 43.6. The molecule has 3 aromatic carbocycles. The number of aliphatic hydroxyl groups excluding tert-OH is 1. The summed E-state index contributed by atoms with van der Waals surface area (Å²) < 4.78 is 19.9. The summed E-state index contributed by atoms with van der Waals surface area (Å²) in [5, 5.41) is 12.5. The Morgan fingerprint density at radius 2 is 1.68 bits per heavy atom. The molecule has 2 aliphatic heterocycles. The molecule has 5 unspecified atom stereocenters. The molecule has 3 amide bonds. The van der Waals surface area contributed by atoms with Gasteiger partial charge in [-0.3, -0.25) is 9.59 Å². The van der Waals surface area contributed by atoms with Gasteiger partial charge in [0, 0.05) is 11.5 Å². The first-order valence-corrected chi connectivity index (χ1v) is 15.8. The summed E-state index contributed by atoms with van der Waals surface area (Å²) in [6.07, 6.45) is -0.961. The van der Waals surface area contributed by atoms with E-state index >= 15 is 0 Å². The predicted molar refractivity (Wildman–Crippen MR) is 172 cm³/mol. The second-order valence-electron chi connectivity index (χ2n) is 11.4. The van der Waals surface area contributed by atoms with Crippen molar-refractivity contribution in [2.45, 2.75) is 57.6 Å². The quantitative estimate of drug-likeness (QED) is 0.215. The van der Waals surface area contributed by atoms with E-state index in [0.29, 0.717) is 22.9 Å². The van der Waals surface area contributed by atoms with Gasteiger partial charge in [0.05, 0.1) is 43.8 Å². The van der Waals surface area contributed by atoms with E-state index in [1.54, 1.807) is 35.2 Å². The van der Waals surface area contributed by atoms with Gasteiger partial charge >= 0.3 is 6.09 Å². The van der Waals surface area contributed by atoms with Crippen LogP contribution in [-0.4, -0.2) is 44.7 Å². The number of imidazole rings is 1. The summed E-state index contributed by atoms with van der Waals surface area (Å²) in [6.45, 7) is 2.35. The van der Waals surface area contributed by atoms with Crippen LogP contribution in [0.3, 0.4) is 0 Å². The zero-order valence-corrected chi connectivity index (χ0v) is 26.8. The van der Waals surface area contributed by atoms with Crippen molar-refractivity contribution < 1.29 is 33.7 Å².